The Labute approximate surface area is 79.1 Å². The van der Waals surface area contributed by atoms with Gasteiger partial charge in [0.25, 0.3) is 0 Å². The maximum absolute atomic E-state index is 11.4. The van der Waals surface area contributed by atoms with Crippen molar-refractivity contribution in [2.75, 3.05) is 7.05 Å². The van der Waals surface area contributed by atoms with Gasteiger partial charge in [0.15, 0.2) is 0 Å². The summed E-state index contributed by atoms with van der Waals surface area (Å²) >= 11 is 0. The molecular formula is C9H18N2O2. The first-order valence-electron chi connectivity index (χ1n) is 4.27. The third-order valence-electron chi connectivity index (χ3n) is 1.72. The third-order valence-corrected chi connectivity index (χ3v) is 1.72. The van der Waals surface area contributed by atoms with Gasteiger partial charge in [-0.1, -0.05) is 20.8 Å². The number of rotatable bonds is 2. The van der Waals surface area contributed by atoms with Crippen molar-refractivity contribution in [3.8, 4) is 0 Å². The molecule has 0 aliphatic carbocycles. The monoisotopic (exact) mass is 186 g/mol. The Morgan fingerprint density at radius 3 is 1.92 bits per heavy atom. The summed E-state index contributed by atoms with van der Waals surface area (Å²) in [6, 6.07) is -0.477. The summed E-state index contributed by atoms with van der Waals surface area (Å²) in [5.41, 5.74) is -0.272. The molecule has 76 valence electrons. The number of likely N-dealkylation sites (N-methyl/N-ethyl adjacent to an activating group) is 1. The van der Waals surface area contributed by atoms with E-state index in [-0.39, 0.29) is 17.2 Å². The zero-order valence-corrected chi connectivity index (χ0v) is 8.89. The van der Waals surface area contributed by atoms with Crippen molar-refractivity contribution < 1.29 is 9.59 Å². The predicted octanol–water partition coefficient (Wildman–Crippen LogP) is 0.283. The molecule has 13 heavy (non-hydrogen) atoms. The molecule has 0 saturated heterocycles. The summed E-state index contributed by atoms with van der Waals surface area (Å²) in [7, 11) is 1.56. The first-order chi connectivity index (χ1) is 5.79. The number of carbonyl (C=O) groups excluding carboxylic acids is 2. The highest BCUT2D eigenvalue weighted by molar-refractivity contribution is 5.87. The van der Waals surface area contributed by atoms with Gasteiger partial charge in [-0.05, 0) is 5.41 Å². The second-order valence-electron chi connectivity index (χ2n) is 4.11. The molecule has 4 nitrogen and oxygen atoms in total. The van der Waals surface area contributed by atoms with Gasteiger partial charge in [-0.25, -0.2) is 0 Å². The van der Waals surface area contributed by atoms with E-state index in [4.69, 9.17) is 0 Å². The van der Waals surface area contributed by atoms with Crippen LogP contribution in [0, 0.1) is 5.41 Å². The summed E-state index contributed by atoms with van der Waals surface area (Å²) in [5.74, 6) is -0.355. The summed E-state index contributed by atoms with van der Waals surface area (Å²) in [6.07, 6.45) is 0. The maximum Gasteiger partial charge on any atom is 0.242 e. The minimum Gasteiger partial charge on any atom is -0.357 e. The number of nitrogens with one attached hydrogen (secondary N) is 2. The molecule has 0 aliphatic rings. The van der Waals surface area contributed by atoms with Gasteiger partial charge >= 0.3 is 0 Å². The van der Waals surface area contributed by atoms with Gasteiger partial charge in [0.2, 0.25) is 11.8 Å². The average Bonchev–Trinajstić information content (AvgIpc) is 1.96. The number of hydrogen-bond acceptors (Lipinski definition) is 2. The van der Waals surface area contributed by atoms with E-state index >= 15 is 0 Å². The lowest BCUT2D eigenvalue weighted by Crippen LogP contribution is -2.52. The first-order valence-corrected chi connectivity index (χ1v) is 4.27. The van der Waals surface area contributed by atoms with Gasteiger partial charge < -0.3 is 10.6 Å². The molecular weight excluding hydrogens is 168 g/mol. The highest BCUT2D eigenvalue weighted by Crippen LogP contribution is 2.19. The Bertz CT molecular complexity index is 206. The second kappa shape index (κ2) is 4.25. The lowest BCUT2D eigenvalue weighted by atomic mass is 9.86. The van der Waals surface area contributed by atoms with Crippen LogP contribution < -0.4 is 10.6 Å². The quantitative estimate of drug-likeness (QED) is 0.651. The minimum atomic E-state index is -0.477. The third kappa shape index (κ3) is 3.92. The summed E-state index contributed by atoms with van der Waals surface area (Å²) < 4.78 is 0. The molecule has 0 aliphatic heterocycles. The first kappa shape index (κ1) is 11.9. The van der Waals surface area contributed by atoms with E-state index in [1.165, 1.54) is 6.92 Å². The van der Waals surface area contributed by atoms with Crippen LogP contribution in [0.3, 0.4) is 0 Å². The van der Waals surface area contributed by atoms with Crippen LogP contribution in [-0.4, -0.2) is 24.9 Å². The van der Waals surface area contributed by atoms with E-state index < -0.39 is 6.04 Å². The Morgan fingerprint density at radius 2 is 1.69 bits per heavy atom. The zero-order chi connectivity index (χ0) is 10.6. The number of hydrogen-bond donors (Lipinski definition) is 2. The maximum atomic E-state index is 11.4. The van der Waals surface area contributed by atoms with Gasteiger partial charge in [-0.15, -0.1) is 0 Å². The average molecular weight is 186 g/mol. The summed E-state index contributed by atoms with van der Waals surface area (Å²) in [5, 5.41) is 5.14. The van der Waals surface area contributed by atoms with E-state index in [1.807, 2.05) is 20.8 Å². The molecule has 1 atom stereocenters. The highest BCUT2D eigenvalue weighted by atomic mass is 16.2. The zero-order valence-electron chi connectivity index (χ0n) is 8.89. The second-order valence-corrected chi connectivity index (χ2v) is 4.11. The fraction of sp³-hybridized carbons (Fsp3) is 0.778. The van der Waals surface area contributed by atoms with Crippen LogP contribution in [0.4, 0.5) is 0 Å². The topological polar surface area (TPSA) is 58.2 Å². The van der Waals surface area contributed by atoms with Crippen LogP contribution in [0.25, 0.3) is 0 Å². The van der Waals surface area contributed by atoms with Crippen molar-refractivity contribution in [2.45, 2.75) is 33.7 Å². The highest BCUT2D eigenvalue weighted by Gasteiger charge is 2.30. The van der Waals surface area contributed by atoms with Gasteiger partial charge in [-0.3, -0.25) is 9.59 Å². The molecule has 2 amide bonds. The van der Waals surface area contributed by atoms with Crippen LogP contribution in [0.15, 0.2) is 0 Å². The van der Waals surface area contributed by atoms with Crippen LogP contribution in [0.5, 0.6) is 0 Å². The molecule has 0 fully saturated rings. The van der Waals surface area contributed by atoms with Crippen LogP contribution in [0.1, 0.15) is 27.7 Å². The molecule has 0 aromatic rings. The standard InChI is InChI=1S/C9H18N2O2/c1-6(12)11-7(8(13)10-5)9(2,3)4/h7H,1-5H3,(H,10,13)(H,11,12). The van der Waals surface area contributed by atoms with E-state index in [2.05, 4.69) is 10.6 Å². The van der Waals surface area contributed by atoms with Crippen LogP contribution >= 0.6 is 0 Å². The lowest BCUT2D eigenvalue weighted by molar-refractivity contribution is -0.130. The lowest BCUT2D eigenvalue weighted by Gasteiger charge is -2.29. The molecule has 0 saturated carbocycles. The Kier molecular flexibility index (Phi) is 3.91. The molecule has 4 heteroatoms. The largest absolute Gasteiger partial charge is 0.357 e. The Balaban J connectivity index is 4.56. The van der Waals surface area contributed by atoms with Crippen LogP contribution in [-0.2, 0) is 9.59 Å². The molecule has 0 aromatic carbocycles. The van der Waals surface area contributed by atoms with Crippen molar-refractivity contribution in [2.24, 2.45) is 5.41 Å². The molecule has 0 bridgehead atoms. The molecule has 0 rings (SSSR count). The van der Waals surface area contributed by atoms with E-state index in [9.17, 15) is 9.59 Å². The summed E-state index contributed by atoms with van der Waals surface area (Å²) in [4.78, 5) is 22.2. The minimum absolute atomic E-state index is 0.164. The molecule has 1 unspecified atom stereocenters. The number of carbonyl (C=O) groups is 2. The number of amides is 2. The fourth-order valence-corrected chi connectivity index (χ4v) is 1.02. The molecule has 2 N–H and O–H groups in total. The smallest absolute Gasteiger partial charge is 0.242 e. The van der Waals surface area contributed by atoms with Crippen LogP contribution in [0.2, 0.25) is 0 Å². The predicted molar refractivity (Wildman–Crippen MR) is 51.1 cm³/mol. The Morgan fingerprint density at radius 1 is 1.23 bits per heavy atom. The SMILES string of the molecule is CNC(=O)C(NC(C)=O)C(C)(C)C. The Hall–Kier alpha value is -1.06. The van der Waals surface area contributed by atoms with Crippen molar-refractivity contribution in [1.29, 1.82) is 0 Å². The van der Waals surface area contributed by atoms with Crippen molar-refractivity contribution >= 4 is 11.8 Å². The fourth-order valence-electron chi connectivity index (χ4n) is 1.02. The van der Waals surface area contributed by atoms with Crippen molar-refractivity contribution in [3.05, 3.63) is 0 Å². The van der Waals surface area contributed by atoms with Gasteiger partial charge in [0.05, 0.1) is 0 Å². The normalized spacial score (nSPS) is 13.3. The summed E-state index contributed by atoms with van der Waals surface area (Å²) in [6.45, 7) is 7.12. The van der Waals surface area contributed by atoms with Gasteiger partial charge in [-0.2, -0.15) is 0 Å². The van der Waals surface area contributed by atoms with E-state index in [1.54, 1.807) is 7.05 Å². The van der Waals surface area contributed by atoms with Gasteiger partial charge in [0, 0.05) is 14.0 Å². The van der Waals surface area contributed by atoms with Crippen molar-refractivity contribution in [1.82, 2.24) is 10.6 Å². The molecule has 0 aromatic heterocycles. The molecule has 0 heterocycles. The van der Waals surface area contributed by atoms with Gasteiger partial charge in [0.1, 0.15) is 6.04 Å². The van der Waals surface area contributed by atoms with E-state index in [0.717, 1.165) is 0 Å². The van der Waals surface area contributed by atoms with Crippen molar-refractivity contribution in [3.63, 3.8) is 0 Å². The molecule has 0 spiro atoms. The van der Waals surface area contributed by atoms with E-state index in [0.29, 0.717) is 0 Å². The molecule has 0 radical (unpaired) electrons.